The van der Waals surface area contributed by atoms with Crippen molar-refractivity contribution in [3.63, 3.8) is 0 Å². The van der Waals surface area contributed by atoms with Crippen molar-refractivity contribution in [3.05, 3.63) is 88.5 Å². The van der Waals surface area contributed by atoms with Crippen LogP contribution in [0.3, 0.4) is 0 Å². The number of nitrogens with zero attached hydrogens (tertiary/aromatic N) is 2. The van der Waals surface area contributed by atoms with Gasteiger partial charge in [-0.3, -0.25) is 15.1 Å². The number of allylic oxidation sites excluding steroid dienone is 1. The van der Waals surface area contributed by atoms with Gasteiger partial charge in [-0.15, -0.1) is 6.58 Å². The van der Waals surface area contributed by atoms with Crippen LogP contribution in [-0.2, 0) is 11.2 Å². The summed E-state index contributed by atoms with van der Waals surface area (Å²) in [5.41, 5.74) is 1.96. The summed E-state index contributed by atoms with van der Waals surface area (Å²) in [6.45, 7) is 4.45. The molecule has 1 amide bonds. The monoisotopic (exact) mass is 465 g/mol. The molecule has 2 aliphatic heterocycles. The van der Waals surface area contributed by atoms with Gasteiger partial charge in [0.05, 0.1) is 10.6 Å². The maximum Gasteiger partial charge on any atom is 0.283 e. The Morgan fingerprint density at radius 1 is 1.16 bits per heavy atom. The number of carbonyl (C=O) groups is 1. The maximum absolute atomic E-state index is 12.3. The zero-order valence-corrected chi connectivity index (χ0v) is 18.7. The number of nitrogens with one attached hydrogen (secondary N) is 1. The van der Waals surface area contributed by atoms with E-state index in [0.717, 1.165) is 17.7 Å². The molecule has 0 bridgehead atoms. The Morgan fingerprint density at radius 2 is 1.94 bits per heavy atom. The number of halogens is 1. The minimum Gasteiger partial charge on any atom is -0.490 e. The third-order valence-corrected chi connectivity index (χ3v) is 5.77. The number of amides is 1. The summed E-state index contributed by atoms with van der Waals surface area (Å²) in [5, 5.41) is 11.0. The molecule has 2 aliphatic rings. The first-order chi connectivity index (χ1) is 15.6. The van der Waals surface area contributed by atoms with Crippen LogP contribution in [0.5, 0.6) is 11.5 Å². The van der Waals surface area contributed by atoms with Crippen LogP contribution in [-0.4, -0.2) is 35.0 Å². The molecule has 1 N–H and O–H groups in total. The molecular formula is C24H20ClN3O3S. The third kappa shape index (κ3) is 4.79. The maximum atomic E-state index is 12.3. The summed E-state index contributed by atoms with van der Waals surface area (Å²) in [6, 6.07) is 13.0. The fourth-order valence-corrected chi connectivity index (χ4v) is 4.14. The predicted octanol–water partition coefficient (Wildman–Crippen LogP) is 5.30. The van der Waals surface area contributed by atoms with Gasteiger partial charge in [0, 0.05) is 6.20 Å². The quantitative estimate of drug-likeness (QED) is 0.325. The molecule has 0 aliphatic carbocycles. The van der Waals surface area contributed by atoms with Crippen molar-refractivity contribution in [1.29, 1.82) is 5.41 Å². The van der Waals surface area contributed by atoms with Crippen LogP contribution in [0.25, 0.3) is 6.08 Å². The van der Waals surface area contributed by atoms with E-state index in [9.17, 15) is 4.79 Å². The molecule has 0 spiro atoms. The number of para-hydroxylation sites is 1. The van der Waals surface area contributed by atoms with Crippen molar-refractivity contribution < 1.29 is 14.3 Å². The van der Waals surface area contributed by atoms with Crippen molar-refractivity contribution in [2.24, 2.45) is 4.99 Å². The van der Waals surface area contributed by atoms with E-state index in [2.05, 4.69) is 11.6 Å². The number of hydrogen-bond donors (Lipinski definition) is 1. The molecule has 6 nitrogen and oxygen atoms in total. The standard InChI is InChI=1S/C24H20ClN3O3S/c1-2-5-17-6-3-4-7-20(17)30-11-12-31-21-9-8-16(15-19(21)25)14-18-22(26)28-10-13-32-24(28)27-23(18)29/h2-4,6-10,13-15,26H,1,5,11-12H2/b18-14-,26-22?. The molecule has 2 heterocycles. The van der Waals surface area contributed by atoms with Gasteiger partial charge >= 0.3 is 0 Å². The van der Waals surface area contributed by atoms with Gasteiger partial charge in [-0.2, -0.15) is 4.99 Å². The summed E-state index contributed by atoms with van der Waals surface area (Å²) in [4.78, 5) is 17.9. The number of rotatable bonds is 8. The molecule has 0 saturated heterocycles. The number of fused-ring (bicyclic) bond motifs is 1. The van der Waals surface area contributed by atoms with Crippen LogP contribution in [0.15, 0.2) is 77.3 Å². The smallest absolute Gasteiger partial charge is 0.283 e. The third-order valence-electron chi connectivity index (χ3n) is 4.72. The second-order valence-corrected chi connectivity index (χ2v) is 8.15. The lowest BCUT2D eigenvalue weighted by molar-refractivity contribution is -0.114. The van der Waals surface area contributed by atoms with Gasteiger partial charge in [0.15, 0.2) is 5.17 Å². The lowest BCUT2D eigenvalue weighted by atomic mass is 10.1. The highest BCUT2D eigenvalue weighted by Gasteiger charge is 2.31. The lowest BCUT2D eigenvalue weighted by Crippen LogP contribution is -2.35. The van der Waals surface area contributed by atoms with E-state index < -0.39 is 5.91 Å². The molecule has 0 unspecified atom stereocenters. The van der Waals surface area contributed by atoms with Gasteiger partial charge in [0.25, 0.3) is 5.91 Å². The molecule has 8 heteroatoms. The van der Waals surface area contributed by atoms with Crippen LogP contribution >= 0.6 is 23.4 Å². The van der Waals surface area contributed by atoms with Crippen LogP contribution in [0.2, 0.25) is 5.02 Å². The first kappa shape index (κ1) is 21.9. The second kappa shape index (κ2) is 9.89. The van der Waals surface area contributed by atoms with Crippen molar-refractivity contribution >= 4 is 46.3 Å². The lowest BCUT2D eigenvalue weighted by Gasteiger charge is -2.22. The van der Waals surface area contributed by atoms with E-state index in [0.29, 0.717) is 34.7 Å². The molecule has 0 atom stereocenters. The topological polar surface area (TPSA) is 75.0 Å². The van der Waals surface area contributed by atoms with Crippen molar-refractivity contribution in [2.45, 2.75) is 6.42 Å². The highest BCUT2D eigenvalue weighted by Crippen LogP contribution is 2.30. The molecule has 2 aromatic rings. The number of hydrogen-bond acceptors (Lipinski definition) is 5. The first-order valence-electron chi connectivity index (χ1n) is 9.87. The van der Waals surface area contributed by atoms with E-state index in [1.54, 1.807) is 40.8 Å². The van der Waals surface area contributed by atoms with Gasteiger partial charge in [0.2, 0.25) is 0 Å². The highest BCUT2D eigenvalue weighted by molar-refractivity contribution is 8.16. The number of ether oxygens (including phenoxy) is 2. The van der Waals surface area contributed by atoms with Gasteiger partial charge in [-0.05, 0) is 47.2 Å². The van der Waals surface area contributed by atoms with Crippen molar-refractivity contribution in [3.8, 4) is 11.5 Å². The number of benzene rings is 2. The molecule has 4 rings (SSSR count). The van der Waals surface area contributed by atoms with Gasteiger partial charge < -0.3 is 9.47 Å². The molecule has 2 aromatic carbocycles. The highest BCUT2D eigenvalue weighted by atomic mass is 35.5. The number of carbonyl (C=O) groups excluding carboxylic acids is 1. The Labute approximate surface area is 195 Å². The SMILES string of the molecule is C=CCc1ccccc1OCCOc1ccc(/C=C2/C(=N)N3C=CSC3=NC2=O)cc1Cl. The molecule has 0 fully saturated rings. The van der Waals surface area contributed by atoms with E-state index in [4.69, 9.17) is 26.5 Å². The van der Waals surface area contributed by atoms with E-state index in [1.807, 2.05) is 30.3 Å². The summed E-state index contributed by atoms with van der Waals surface area (Å²) < 4.78 is 11.6. The second-order valence-electron chi connectivity index (χ2n) is 6.87. The number of aliphatic imine (C=N–C) groups is 1. The summed E-state index contributed by atoms with van der Waals surface area (Å²) in [6.07, 6.45) is 5.90. The Morgan fingerprint density at radius 3 is 2.72 bits per heavy atom. The van der Waals surface area contributed by atoms with Crippen LogP contribution in [0.4, 0.5) is 0 Å². The fraction of sp³-hybridized carbons (Fsp3) is 0.125. The van der Waals surface area contributed by atoms with Crippen LogP contribution in [0.1, 0.15) is 11.1 Å². The molecule has 0 aromatic heterocycles. The fourth-order valence-electron chi connectivity index (χ4n) is 3.19. The van der Waals surface area contributed by atoms with Crippen LogP contribution < -0.4 is 9.47 Å². The van der Waals surface area contributed by atoms with E-state index in [-0.39, 0.29) is 11.4 Å². The summed E-state index contributed by atoms with van der Waals surface area (Å²) in [5.74, 6) is 0.969. The molecular weight excluding hydrogens is 446 g/mol. The largest absolute Gasteiger partial charge is 0.490 e. The van der Waals surface area contributed by atoms with Gasteiger partial charge in [-0.1, -0.05) is 53.7 Å². The Bertz CT molecular complexity index is 1170. The van der Waals surface area contributed by atoms with E-state index in [1.165, 1.54) is 11.8 Å². The van der Waals surface area contributed by atoms with Crippen LogP contribution in [0, 0.1) is 5.41 Å². The van der Waals surface area contributed by atoms with Crippen molar-refractivity contribution in [1.82, 2.24) is 4.90 Å². The first-order valence-corrected chi connectivity index (χ1v) is 11.1. The number of thioether (sulfide) groups is 1. The van der Waals surface area contributed by atoms with E-state index >= 15 is 0 Å². The minimum atomic E-state index is -0.442. The van der Waals surface area contributed by atoms with Crippen molar-refractivity contribution in [2.75, 3.05) is 13.2 Å². The zero-order valence-electron chi connectivity index (χ0n) is 17.1. The minimum absolute atomic E-state index is 0.0894. The molecule has 0 saturated carbocycles. The molecule has 162 valence electrons. The van der Waals surface area contributed by atoms with Gasteiger partial charge in [0.1, 0.15) is 30.5 Å². The predicted molar refractivity (Wildman–Crippen MR) is 130 cm³/mol. The Balaban J connectivity index is 1.38. The van der Waals surface area contributed by atoms with Gasteiger partial charge in [-0.25, -0.2) is 0 Å². The summed E-state index contributed by atoms with van der Waals surface area (Å²) in [7, 11) is 0. The Kier molecular flexibility index (Phi) is 6.78. The number of amidine groups is 2. The molecule has 32 heavy (non-hydrogen) atoms. The Hall–Kier alpha value is -3.29. The average molecular weight is 466 g/mol. The normalized spacial score (nSPS) is 16.2. The average Bonchev–Trinajstić information content (AvgIpc) is 3.25. The zero-order chi connectivity index (χ0) is 22.5. The summed E-state index contributed by atoms with van der Waals surface area (Å²) >= 11 is 7.69. The molecule has 0 radical (unpaired) electrons.